The first kappa shape index (κ1) is 18.1. The number of benzene rings is 2. The van der Waals surface area contributed by atoms with Gasteiger partial charge >= 0.3 is 0 Å². The van der Waals surface area contributed by atoms with Crippen molar-refractivity contribution in [2.45, 2.75) is 18.9 Å². The normalized spacial score (nSPS) is 17.7. The number of likely N-dealkylation sites (tertiary alicyclic amines) is 1. The van der Waals surface area contributed by atoms with Crippen LogP contribution < -0.4 is 11.1 Å². The predicted octanol–water partition coefficient (Wildman–Crippen LogP) is 2.35. The number of hydrogen-bond acceptors (Lipinski definition) is 3. The molecule has 2 unspecified atom stereocenters. The molecule has 0 aromatic heterocycles. The first-order chi connectivity index (χ1) is 12.7. The fraction of sp³-hybridized carbons (Fsp3) is 0.333. The second kappa shape index (κ2) is 8.63. The van der Waals surface area contributed by atoms with Crippen molar-refractivity contribution >= 4 is 11.8 Å². The Morgan fingerprint density at radius 3 is 2.35 bits per heavy atom. The van der Waals surface area contributed by atoms with Crippen molar-refractivity contribution in [2.75, 3.05) is 19.6 Å². The lowest BCUT2D eigenvalue weighted by Crippen LogP contribution is -2.36. The van der Waals surface area contributed by atoms with Crippen LogP contribution in [0.2, 0.25) is 0 Å². The quantitative estimate of drug-likeness (QED) is 0.839. The van der Waals surface area contributed by atoms with E-state index >= 15 is 0 Å². The predicted molar refractivity (Wildman–Crippen MR) is 101 cm³/mol. The first-order valence-corrected chi connectivity index (χ1v) is 9.06. The molecule has 5 heteroatoms. The molecule has 2 amide bonds. The fourth-order valence-corrected chi connectivity index (χ4v) is 3.32. The van der Waals surface area contributed by atoms with Crippen molar-refractivity contribution in [3.63, 3.8) is 0 Å². The molecule has 1 aliphatic heterocycles. The number of carbonyl (C=O) groups is 2. The Kier molecular flexibility index (Phi) is 6.02. The van der Waals surface area contributed by atoms with Crippen molar-refractivity contribution in [1.82, 2.24) is 10.2 Å². The van der Waals surface area contributed by atoms with Crippen LogP contribution in [0, 0.1) is 5.92 Å². The van der Waals surface area contributed by atoms with E-state index in [0.29, 0.717) is 24.6 Å². The van der Waals surface area contributed by atoms with Crippen molar-refractivity contribution < 1.29 is 9.59 Å². The first-order valence-electron chi connectivity index (χ1n) is 9.06. The van der Waals surface area contributed by atoms with Crippen molar-refractivity contribution in [1.29, 1.82) is 0 Å². The van der Waals surface area contributed by atoms with Gasteiger partial charge in [-0.3, -0.25) is 9.59 Å². The molecule has 0 spiro atoms. The van der Waals surface area contributed by atoms with Gasteiger partial charge in [-0.25, -0.2) is 0 Å². The van der Waals surface area contributed by atoms with Crippen LogP contribution in [0.25, 0.3) is 0 Å². The number of amides is 2. The van der Waals surface area contributed by atoms with Gasteiger partial charge in [-0.15, -0.1) is 0 Å². The summed E-state index contributed by atoms with van der Waals surface area (Å²) in [5, 5.41) is 3.02. The van der Waals surface area contributed by atoms with Crippen molar-refractivity contribution in [2.24, 2.45) is 11.7 Å². The number of hydrogen-bond donors (Lipinski definition) is 2. The highest BCUT2D eigenvalue weighted by molar-refractivity contribution is 5.94. The molecule has 0 radical (unpaired) electrons. The maximum absolute atomic E-state index is 12.7. The molecule has 136 valence electrons. The van der Waals surface area contributed by atoms with Crippen LogP contribution >= 0.6 is 0 Å². The molecule has 1 aliphatic rings. The molecule has 5 nitrogen and oxygen atoms in total. The van der Waals surface area contributed by atoms with Crippen molar-refractivity contribution in [3.05, 3.63) is 71.8 Å². The summed E-state index contributed by atoms with van der Waals surface area (Å²) < 4.78 is 0. The van der Waals surface area contributed by atoms with Gasteiger partial charge in [-0.05, 0) is 36.6 Å². The average Bonchev–Trinajstić information content (AvgIpc) is 3.18. The van der Waals surface area contributed by atoms with Crippen LogP contribution in [-0.4, -0.2) is 36.3 Å². The molecule has 3 rings (SSSR count). The monoisotopic (exact) mass is 351 g/mol. The second-order valence-electron chi connectivity index (χ2n) is 6.74. The highest BCUT2D eigenvalue weighted by atomic mass is 16.2. The molecule has 2 aromatic carbocycles. The summed E-state index contributed by atoms with van der Waals surface area (Å²) in [7, 11) is 0. The van der Waals surface area contributed by atoms with Crippen LogP contribution in [0.4, 0.5) is 0 Å². The van der Waals surface area contributed by atoms with Crippen LogP contribution in [0.5, 0.6) is 0 Å². The third-order valence-electron chi connectivity index (χ3n) is 4.89. The molecule has 0 aliphatic carbocycles. The standard InChI is InChI=1S/C21H25N3O2/c22-14-16-11-12-24(15-16)20(25)13-19(17-7-3-1-4-8-17)23-21(26)18-9-5-2-6-10-18/h1-10,16,19H,11-15,22H2,(H,23,26). The van der Waals surface area contributed by atoms with Gasteiger partial charge < -0.3 is 16.0 Å². The molecule has 3 N–H and O–H groups in total. The van der Waals surface area contributed by atoms with Gasteiger partial charge in [0.05, 0.1) is 12.5 Å². The summed E-state index contributed by atoms with van der Waals surface area (Å²) in [5.74, 6) is 0.268. The second-order valence-corrected chi connectivity index (χ2v) is 6.74. The third kappa shape index (κ3) is 4.49. The van der Waals surface area contributed by atoms with Gasteiger partial charge in [0.25, 0.3) is 5.91 Å². The molecule has 1 saturated heterocycles. The summed E-state index contributed by atoms with van der Waals surface area (Å²) >= 11 is 0. The number of nitrogens with zero attached hydrogens (tertiary/aromatic N) is 1. The molecular weight excluding hydrogens is 326 g/mol. The van der Waals surface area contributed by atoms with Gasteiger partial charge in [0.1, 0.15) is 0 Å². The number of nitrogens with two attached hydrogens (primary N) is 1. The Balaban J connectivity index is 1.72. The smallest absolute Gasteiger partial charge is 0.251 e. The molecule has 0 bridgehead atoms. The van der Waals surface area contributed by atoms with Gasteiger partial charge in [0.2, 0.25) is 5.91 Å². The molecule has 2 aromatic rings. The largest absolute Gasteiger partial charge is 0.345 e. The minimum absolute atomic E-state index is 0.0585. The maximum atomic E-state index is 12.7. The number of carbonyl (C=O) groups excluding carboxylic acids is 2. The van der Waals surface area contributed by atoms with E-state index in [-0.39, 0.29) is 24.3 Å². The van der Waals surface area contributed by atoms with E-state index in [1.807, 2.05) is 53.4 Å². The molecule has 26 heavy (non-hydrogen) atoms. The van der Waals surface area contributed by atoms with Crippen molar-refractivity contribution in [3.8, 4) is 0 Å². The Labute approximate surface area is 154 Å². The van der Waals surface area contributed by atoms with E-state index in [4.69, 9.17) is 5.73 Å². The minimum Gasteiger partial charge on any atom is -0.345 e. The van der Waals surface area contributed by atoms with Crippen LogP contribution in [0.3, 0.4) is 0 Å². The lowest BCUT2D eigenvalue weighted by molar-refractivity contribution is -0.130. The highest BCUT2D eigenvalue weighted by Gasteiger charge is 2.28. The summed E-state index contributed by atoms with van der Waals surface area (Å²) in [6.45, 7) is 2.06. The molecule has 1 fully saturated rings. The molecule has 2 atom stereocenters. The Bertz CT molecular complexity index is 733. The van der Waals surface area contributed by atoms with E-state index in [1.54, 1.807) is 12.1 Å². The molecule has 1 heterocycles. The fourth-order valence-electron chi connectivity index (χ4n) is 3.32. The van der Waals surface area contributed by atoms with E-state index in [9.17, 15) is 9.59 Å². The van der Waals surface area contributed by atoms with E-state index in [1.165, 1.54) is 0 Å². The lowest BCUT2D eigenvalue weighted by Gasteiger charge is -2.23. The van der Waals surface area contributed by atoms with Gasteiger partial charge in [-0.1, -0.05) is 48.5 Å². The Hall–Kier alpha value is -2.66. The zero-order chi connectivity index (χ0) is 18.4. The van der Waals surface area contributed by atoms with Crippen LogP contribution in [0.1, 0.15) is 34.8 Å². The van der Waals surface area contributed by atoms with E-state index < -0.39 is 0 Å². The van der Waals surface area contributed by atoms with Gasteiger partial charge in [0, 0.05) is 18.7 Å². The SMILES string of the molecule is NCC1CCN(C(=O)CC(NC(=O)c2ccccc2)c2ccccc2)C1. The van der Waals surface area contributed by atoms with E-state index in [0.717, 1.165) is 18.5 Å². The van der Waals surface area contributed by atoms with Gasteiger partial charge in [0.15, 0.2) is 0 Å². The maximum Gasteiger partial charge on any atom is 0.251 e. The summed E-state index contributed by atoms with van der Waals surface area (Å²) in [6, 6.07) is 18.4. The zero-order valence-electron chi connectivity index (χ0n) is 14.8. The zero-order valence-corrected chi connectivity index (χ0v) is 14.8. The Morgan fingerprint density at radius 2 is 1.73 bits per heavy atom. The topological polar surface area (TPSA) is 75.4 Å². The summed E-state index contributed by atoms with van der Waals surface area (Å²) in [5.41, 5.74) is 7.24. The summed E-state index contributed by atoms with van der Waals surface area (Å²) in [6.07, 6.45) is 1.20. The minimum atomic E-state index is -0.353. The van der Waals surface area contributed by atoms with Gasteiger partial charge in [-0.2, -0.15) is 0 Å². The van der Waals surface area contributed by atoms with Crippen LogP contribution in [0.15, 0.2) is 60.7 Å². The van der Waals surface area contributed by atoms with Crippen LogP contribution in [-0.2, 0) is 4.79 Å². The lowest BCUT2D eigenvalue weighted by atomic mass is 10.0. The molecular formula is C21H25N3O2. The number of rotatable bonds is 6. The highest BCUT2D eigenvalue weighted by Crippen LogP contribution is 2.22. The van der Waals surface area contributed by atoms with E-state index in [2.05, 4.69) is 5.32 Å². The third-order valence-corrected chi connectivity index (χ3v) is 4.89. The molecule has 0 saturated carbocycles. The summed E-state index contributed by atoms with van der Waals surface area (Å²) in [4.78, 5) is 27.2. The Morgan fingerprint density at radius 1 is 1.08 bits per heavy atom. The number of nitrogens with one attached hydrogen (secondary N) is 1. The average molecular weight is 351 g/mol.